The molecule has 0 aliphatic heterocycles. The molecule has 1 aromatic heterocycles. The van der Waals surface area contributed by atoms with E-state index in [-0.39, 0.29) is 0 Å². The summed E-state index contributed by atoms with van der Waals surface area (Å²) in [4.78, 5) is 0. The van der Waals surface area contributed by atoms with Crippen LogP contribution in [-0.2, 0) is 7.05 Å². The van der Waals surface area contributed by atoms with Gasteiger partial charge in [-0.15, -0.1) is 0 Å². The van der Waals surface area contributed by atoms with Gasteiger partial charge in [0.15, 0.2) is 0 Å². The van der Waals surface area contributed by atoms with E-state index in [2.05, 4.69) is 49.9 Å². The van der Waals surface area contributed by atoms with Crippen LogP contribution in [0.3, 0.4) is 0 Å². The number of hydrogen-bond acceptors (Lipinski definition) is 0. The Morgan fingerprint density at radius 2 is 1.92 bits per heavy atom. The van der Waals surface area contributed by atoms with Gasteiger partial charge in [-0.1, -0.05) is 11.6 Å². The van der Waals surface area contributed by atoms with Gasteiger partial charge in [-0.25, -0.2) is 0 Å². The van der Waals surface area contributed by atoms with Crippen molar-refractivity contribution in [3.8, 4) is 0 Å². The number of aromatic nitrogens is 1. The second-order valence-electron chi connectivity index (χ2n) is 3.45. The van der Waals surface area contributed by atoms with E-state index >= 15 is 0 Å². The third-order valence-corrected chi connectivity index (χ3v) is 2.30. The van der Waals surface area contributed by atoms with Crippen LogP contribution in [0.25, 0.3) is 10.9 Å². The molecule has 1 nitrogen and oxygen atoms in total. The first-order chi connectivity index (χ1) is 5.68. The van der Waals surface area contributed by atoms with Crippen LogP contribution in [-0.4, -0.2) is 4.57 Å². The van der Waals surface area contributed by atoms with E-state index < -0.39 is 0 Å². The van der Waals surface area contributed by atoms with Crippen LogP contribution in [0.4, 0.5) is 0 Å². The minimum atomic E-state index is 1.34. The van der Waals surface area contributed by atoms with Gasteiger partial charge in [-0.2, -0.15) is 0 Å². The molecule has 0 spiro atoms. The van der Waals surface area contributed by atoms with Gasteiger partial charge < -0.3 is 4.57 Å². The van der Waals surface area contributed by atoms with Crippen LogP contribution in [0, 0.1) is 13.8 Å². The summed E-state index contributed by atoms with van der Waals surface area (Å²) in [5, 5.41) is 1.34. The fourth-order valence-corrected chi connectivity index (χ4v) is 1.87. The summed E-state index contributed by atoms with van der Waals surface area (Å²) in [5.74, 6) is 0. The average Bonchev–Trinajstić information content (AvgIpc) is 2.31. The summed E-state index contributed by atoms with van der Waals surface area (Å²) in [6, 6.07) is 6.61. The Morgan fingerprint density at radius 3 is 2.67 bits per heavy atom. The van der Waals surface area contributed by atoms with E-state index in [9.17, 15) is 0 Å². The number of benzene rings is 1. The van der Waals surface area contributed by atoms with Crippen molar-refractivity contribution in [2.24, 2.45) is 7.05 Å². The maximum Gasteiger partial charge on any atom is 0.0507 e. The summed E-state index contributed by atoms with van der Waals surface area (Å²) >= 11 is 0. The molecule has 0 N–H and O–H groups in total. The Morgan fingerprint density at radius 1 is 1.17 bits per heavy atom. The van der Waals surface area contributed by atoms with E-state index in [0.29, 0.717) is 0 Å². The van der Waals surface area contributed by atoms with Crippen molar-refractivity contribution in [1.82, 2.24) is 4.57 Å². The van der Waals surface area contributed by atoms with Crippen molar-refractivity contribution < 1.29 is 0 Å². The molecule has 62 valence electrons. The Hall–Kier alpha value is -1.24. The lowest BCUT2D eigenvalue weighted by Crippen LogP contribution is -1.87. The van der Waals surface area contributed by atoms with Crippen LogP contribution in [0.1, 0.15) is 11.1 Å². The van der Waals surface area contributed by atoms with E-state index in [1.807, 2.05) is 0 Å². The largest absolute Gasteiger partial charge is 0.350 e. The van der Waals surface area contributed by atoms with E-state index in [4.69, 9.17) is 0 Å². The molecule has 1 heteroatoms. The molecule has 12 heavy (non-hydrogen) atoms. The molecular formula is C11H13N. The first-order valence-electron chi connectivity index (χ1n) is 4.21. The molecule has 0 amide bonds. The Balaban J connectivity index is 2.93. The van der Waals surface area contributed by atoms with Crippen molar-refractivity contribution in [2.45, 2.75) is 13.8 Å². The molecule has 0 radical (unpaired) electrons. The van der Waals surface area contributed by atoms with Gasteiger partial charge in [-0.3, -0.25) is 0 Å². The maximum absolute atomic E-state index is 2.22. The van der Waals surface area contributed by atoms with Gasteiger partial charge in [0, 0.05) is 18.6 Å². The molecule has 2 rings (SSSR count). The molecule has 0 aliphatic rings. The zero-order valence-electron chi connectivity index (χ0n) is 7.76. The fourth-order valence-electron chi connectivity index (χ4n) is 1.87. The maximum atomic E-state index is 2.22. The Kier molecular flexibility index (Phi) is 1.47. The summed E-state index contributed by atoms with van der Waals surface area (Å²) in [6.07, 6.45) is 2.11. The predicted molar refractivity (Wildman–Crippen MR) is 52.4 cm³/mol. The van der Waals surface area contributed by atoms with Crippen LogP contribution < -0.4 is 0 Å². The predicted octanol–water partition coefficient (Wildman–Crippen LogP) is 2.80. The standard InChI is InChI=1S/C11H13N/c1-8-6-9(2)11-10(7-8)4-5-12(11)3/h4-7H,1-3H3. The lowest BCUT2D eigenvalue weighted by Gasteiger charge is -2.02. The van der Waals surface area contributed by atoms with Crippen LogP contribution in [0.5, 0.6) is 0 Å². The minimum absolute atomic E-state index is 1.34. The zero-order chi connectivity index (χ0) is 8.72. The van der Waals surface area contributed by atoms with Gasteiger partial charge in [-0.05, 0) is 31.5 Å². The number of rotatable bonds is 0. The number of fused-ring (bicyclic) bond motifs is 1. The Bertz CT molecular complexity index is 424. The van der Waals surface area contributed by atoms with E-state index in [1.54, 1.807) is 0 Å². The number of nitrogens with zero attached hydrogens (tertiary/aromatic N) is 1. The van der Waals surface area contributed by atoms with Crippen LogP contribution >= 0.6 is 0 Å². The van der Waals surface area contributed by atoms with Gasteiger partial charge in [0.2, 0.25) is 0 Å². The highest BCUT2D eigenvalue weighted by Crippen LogP contribution is 2.20. The zero-order valence-corrected chi connectivity index (χ0v) is 7.76. The van der Waals surface area contributed by atoms with Crippen LogP contribution in [0.15, 0.2) is 24.4 Å². The molecule has 0 aliphatic carbocycles. The van der Waals surface area contributed by atoms with Gasteiger partial charge in [0.1, 0.15) is 0 Å². The molecule has 1 aromatic carbocycles. The first-order valence-corrected chi connectivity index (χ1v) is 4.21. The summed E-state index contributed by atoms with van der Waals surface area (Å²) in [6.45, 7) is 4.30. The molecule has 1 heterocycles. The van der Waals surface area contributed by atoms with Crippen LogP contribution in [0.2, 0.25) is 0 Å². The molecule has 0 fully saturated rings. The molecule has 0 unspecified atom stereocenters. The smallest absolute Gasteiger partial charge is 0.0507 e. The number of aryl methyl sites for hydroxylation is 3. The third kappa shape index (κ3) is 0.934. The first kappa shape index (κ1) is 7.41. The minimum Gasteiger partial charge on any atom is -0.350 e. The van der Waals surface area contributed by atoms with E-state index in [0.717, 1.165) is 0 Å². The monoisotopic (exact) mass is 159 g/mol. The average molecular weight is 159 g/mol. The van der Waals surface area contributed by atoms with Crippen molar-refractivity contribution in [3.05, 3.63) is 35.5 Å². The lowest BCUT2D eigenvalue weighted by atomic mass is 10.1. The van der Waals surface area contributed by atoms with Crippen molar-refractivity contribution in [2.75, 3.05) is 0 Å². The second kappa shape index (κ2) is 2.37. The second-order valence-corrected chi connectivity index (χ2v) is 3.45. The van der Waals surface area contributed by atoms with Gasteiger partial charge in [0.25, 0.3) is 0 Å². The van der Waals surface area contributed by atoms with Crippen molar-refractivity contribution >= 4 is 10.9 Å². The highest BCUT2D eigenvalue weighted by Gasteiger charge is 2.00. The highest BCUT2D eigenvalue weighted by atomic mass is 14.9. The fraction of sp³-hybridized carbons (Fsp3) is 0.273. The van der Waals surface area contributed by atoms with Gasteiger partial charge >= 0.3 is 0 Å². The Labute approximate surface area is 72.6 Å². The molecule has 0 atom stereocenters. The molecule has 2 aromatic rings. The number of hydrogen-bond donors (Lipinski definition) is 0. The topological polar surface area (TPSA) is 4.93 Å². The molecular weight excluding hydrogens is 146 g/mol. The summed E-state index contributed by atoms with van der Waals surface area (Å²) < 4.78 is 2.17. The normalized spacial score (nSPS) is 10.9. The molecule has 0 saturated heterocycles. The lowest BCUT2D eigenvalue weighted by molar-refractivity contribution is 0.964. The summed E-state index contributed by atoms with van der Waals surface area (Å²) in [7, 11) is 2.09. The highest BCUT2D eigenvalue weighted by molar-refractivity contribution is 5.83. The SMILES string of the molecule is Cc1cc(C)c2c(ccn2C)c1. The van der Waals surface area contributed by atoms with Crippen molar-refractivity contribution in [1.29, 1.82) is 0 Å². The quantitative estimate of drug-likeness (QED) is 0.557. The van der Waals surface area contributed by atoms with Gasteiger partial charge in [0.05, 0.1) is 5.52 Å². The molecule has 0 saturated carbocycles. The third-order valence-electron chi connectivity index (χ3n) is 2.30. The molecule has 0 bridgehead atoms. The van der Waals surface area contributed by atoms with Crippen molar-refractivity contribution in [3.63, 3.8) is 0 Å². The van der Waals surface area contributed by atoms with E-state index in [1.165, 1.54) is 22.0 Å². The summed E-state index contributed by atoms with van der Waals surface area (Å²) in [5.41, 5.74) is 4.05.